The van der Waals surface area contributed by atoms with Gasteiger partial charge in [-0.05, 0) is 12.1 Å². The zero-order chi connectivity index (χ0) is 11.3. The van der Waals surface area contributed by atoms with Crippen molar-refractivity contribution in [2.45, 2.75) is 0 Å². The number of methoxy groups -OCH3 is 1. The van der Waals surface area contributed by atoms with Crippen molar-refractivity contribution < 1.29 is 9.53 Å². The van der Waals surface area contributed by atoms with Crippen LogP contribution in [0.2, 0.25) is 5.15 Å². The third kappa shape index (κ3) is 3.45. The smallest absolute Gasteiger partial charge is 0.274 e. The lowest BCUT2D eigenvalue weighted by Crippen LogP contribution is -2.30. The van der Waals surface area contributed by atoms with E-state index in [0.717, 1.165) is 0 Å². The van der Waals surface area contributed by atoms with Gasteiger partial charge in [0.2, 0.25) is 0 Å². The van der Waals surface area contributed by atoms with Gasteiger partial charge < -0.3 is 9.64 Å². The first kappa shape index (κ1) is 11.9. The van der Waals surface area contributed by atoms with Gasteiger partial charge in [0.25, 0.3) is 5.91 Å². The molecule has 0 N–H and O–H groups in total. The molecule has 0 fully saturated rings. The molecule has 6 heteroatoms. The molecule has 0 aliphatic carbocycles. The highest BCUT2D eigenvalue weighted by Gasteiger charge is 2.12. The SMILES string of the molecule is COCCN(C)C(=O)c1ccc(Cl)nn1. The van der Waals surface area contributed by atoms with Crippen LogP contribution in [0.5, 0.6) is 0 Å². The Morgan fingerprint density at radius 2 is 2.27 bits per heavy atom. The Labute approximate surface area is 93.0 Å². The largest absolute Gasteiger partial charge is 0.383 e. The molecule has 5 nitrogen and oxygen atoms in total. The minimum absolute atomic E-state index is 0.198. The number of ether oxygens (including phenoxy) is 1. The molecule has 0 atom stereocenters. The van der Waals surface area contributed by atoms with Crippen molar-refractivity contribution in [3.63, 3.8) is 0 Å². The summed E-state index contributed by atoms with van der Waals surface area (Å²) in [4.78, 5) is 13.2. The molecule has 82 valence electrons. The van der Waals surface area contributed by atoms with Crippen LogP contribution in [-0.2, 0) is 4.74 Å². The molecule has 0 unspecified atom stereocenters. The lowest BCUT2D eigenvalue weighted by molar-refractivity contribution is 0.0737. The molecular formula is C9H12ClN3O2. The van der Waals surface area contributed by atoms with E-state index in [1.165, 1.54) is 11.0 Å². The third-order valence-corrected chi connectivity index (χ3v) is 2.03. The Morgan fingerprint density at radius 3 is 2.80 bits per heavy atom. The first-order valence-electron chi connectivity index (χ1n) is 4.38. The van der Waals surface area contributed by atoms with Crippen LogP contribution >= 0.6 is 11.6 Å². The molecule has 1 heterocycles. The maximum absolute atomic E-state index is 11.7. The van der Waals surface area contributed by atoms with Crippen LogP contribution in [0.25, 0.3) is 0 Å². The third-order valence-electron chi connectivity index (χ3n) is 1.83. The normalized spacial score (nSPS) is 10.1. The molecule has 0 aliphatic rings. The van der Waals surface area contributed by atoms with Crippen molar-refractivity contribution >= 4 is 17.5 Å². The van der Waals surface area contributed by atoms with Gasteiger partial charge in [-0.3, -0.25) is 4.79 Å². The summed E-state index contributed by atoms with van der Waals surface area (Å²) in [7, 11) is 3.26. The zero-order valence-corrected chi connectivity index (χ0v) is 9.36. The number of carbonyl (C=O) groups excluding carboxylic acids is 1. The topological polar surface area (TPSA) is 55.3 Å². The molecule has 0 aromatic carbocycles. The minimum atomic E-state index is -0.198. The fourth-order valence-electron chi connectivity index (χ4n) is 0.955. The van der Waals surface area contributed by atoms with E-state index in [9.17, 15) is 4.79 Å². The second kappa shape index (κ2) is 5.63. The molecule has 1 aromatic rings. The molecule has 0 aliphatic heterocycles. The molecule has 1 rings (SSSR count). The number of rotatable bonds is 4. The number of carbonyl (C=O) groups is 1. The van der Waals surface area contributed by atoms with Gasteiger partial charge >= 0.3 is 0 Å². The van der Waals surface area contributed by atoms with Gasteiger partial charge in [-0.1, -0.05) is 11.6 Å². The van der Waals surface area contributed by atoms with E-state index in [1.54, 1.807) is 20.2 Å². The van der Waals surface area contributed by atoms with E-state index in [0.29, 0.717) is 13.2 Å². The lowest BCUT2D eigenvalue weighted by Gasteiger charge is -2.15. The monoisotopic (exact) mass is 229 g/mol. The highest BCUT2D eigenvalue weighted by molar-refractivity contribution is 6.29. The van der Waals surface area contributed by atoms with Crippen molar-refractivity contribution in [1.29, 1.82) is 0 Å². The highest BCUT2D eigenvalue weighted by Crippen LogP contribution is 2.04. The summed E-state index contributed by atoms with van der Waals surface area (Å²) in [5.41, 5.74) is 0.276. The molecule has 15 heavy (non-hydrogen) atoms. The Balaban J connectivity index is 2.63. The highest BCUT2D eigenvalue weighted by atomic mass is 35.5. The number of halogens is 1. The fourth-order valence-corrected chi connectivity index (χ4v) is 1.06. The number of hydrogen-bond donors (Lipinski definition) is 0. The fraction of sp³-hybridized carbons (Fsp3) is 0.444. The zero-order valence-electron chi connectivity index (χ0n) is 8.61. The van der Waals surface area contributed by atoms with Crippen molar-refractivity contribution in [2.75, 3.05) is 27.3 Å². The van der Waals surface area contributed by atoms with Crippen molar-refractivity contribution in [3.8, 4) is 0 Å². The van der Waals surface area contributed by atoms with E-state index < -0.39 is 0 Å². The first-order chi connectivity index (χ1) is 7.15. The minimum Gasteiger partial charge on any atom is -0.383 e. The van der Waals surface area contributed by atoms with E-state index >= 15 is 0 Å². The predicted molar refractivity (Wildman–Crippen MR) is 55.9 cm³/mol. The van der Waals surface area contributed by atoms with Gasteiger partial charge in [0.1, 0.15) is 0 Å². The van der Waals surface area contributed by atoms with Crippen molar-refractivity contribution in [3.05, 3.63) is 23.0 Å². The van der Waals surface area contributed by atoms with Crippen LogP contribution in [0.3, 0.4) is 0 Å². The van der Waals surface area contributed by atoms with Crippen LogP contribution in [0.15, 0.2) is 12.1 Å². The number of amides is 1. The Hall–Kier alpha value is -1.20. The number of likely N-dealkylation sites (N-methyl/N-ethyl adjacent to an activating group) is 1. The second-order valence-electron chi connectivity index (χ2n) is 2.96. The van der Waals surface area contributed by atoms with E-state index in [4.69, 9.17) is 16.3 Å². The maximum atomic E-state index is 11.7. The van der Waals surface area contributed by atoms with Crippen LogP contribution in [-0.4, -0.2) is 48.3 Å². The second-order valence-corrected chi connectivity index (χ2v) is 3.35. The van der Waals surface area contributed by atoms with Crippen molar-refractivity contribution in [2.24, 2.45) is 0 Å². The van der Waals surface area contributed by atoms with Gasteiger partial charge in [0.05, 0.1) is 6.61 Å². The van der Waals surface area contributed by atoms with Crippen LogP contribution in [0.4, 0.5) is 0 Å². The van der Waals surface area contributed by atoms with Gasteiger partial charge in [-0.25, -0.2) is 0 Å². The van der Waals surface area contributed by atoms with Gasteiger partial charge in [-0.15, -0.1) is 10.2 Å². The summed E-state index contributed by atoms with van der Waals surface area (Å²) in [6.07, 6.45) is 0. The number of aromatic nitrogens is 2. The van der Waals surface area contributed by atoms with Crippen LogP contribution in [0, 0.1) is 0 Å². The quantitative estimate of drug-likeness (QED) is 0.768. The maximum Gasteiger partial charge on any atom is 0.274 e. The summed E-state index contributed by atoms with van der Waals surface area (Å²) >= 11 is 5.56. The molecular weight excluding hydrogens is 218 g/mol. The predicted octanol–water partition coefficient (Wildman–Crippen LogP) is 0.848. The Morgan fingerprint density at radius 1 is 1.53 bits per heavy atom. The van der Waals surface area contributed by atoms with Gasteiger partial charge in [0.15, 0.2) is 10.8 Å². The summed E-state index contributed by atoms with van der Waals surface area (Å²) in [5, 5.41) is 7.56. The first-order valence-corrected chi connectivity index (χ1v) is 4.76. The standard InChI is InChI=1S/C9H12ClN3O2/c1-13(5-6-15-2)9(14)7-3-4-8(10)12-11-7/h3-4H,5-6H2,1-2H3. The molecule has 0 saturated carbocycles. The number of nitrogens with zero attached hydrogens (tertiary/aromatic N) is 3. The molecule has 0 radical (unpaired) electrons. The Kier molecular flexibility index (Phi) is 4.45. The van der Waals surface area contributed by atoms with Crippen LogP contribution in [0.1, 0.15) is 10.5 Å². The van der Waals surface area contributed by atoms with Crippen molar-refractivity contribution in [1.82, 2.24) is 15.1 Å². The molecule has 0 spiro atoms. The summed E-state index contributed by atoms with van der Waals surface area (Å²) in [6, 6.07) is 3.08. The number of hydrogen-bond acceptors (Lipinski definition) is 4. The van der Waals surface area contributed by atoms with Crippen LogP contribution < -0.4 is 0 Å². The van der Waals surface area contributed by atoms with Gasteiger partial charge in [0, 0.05) is 20.7 Å². The molecule has 0 saturated heterocycles. The summed E-state index contributed by atoms with van der Waals surface area (Å²) in [6.45, 7) is 1.00. The average molecular weight is 230 g/mol. The van der Waals surface area contributed by atoms with E-state index in [1.807, 2.05) is 0 Å². The lowest BCUT2D eigenvalue weighted by atomic mass is 10.3. The summed E-state index contributed by atoms with van der Waals surface area (Å²) in [5.74, 6) is -0.198. The van der Waals surface area contributed by atoms with Gasteiger partial charge in [-0.2, -0.15) is 0 Å². The molecule has 1 amide bonds. The average Bonchev–Trinajstić information content (AvgIpc) is 2.26. The molecule has 0 bridgehead atoms. The molecule has 1 aromatic heterocycles. The van der Waals surface area contributed by atoms with E-state index in [-0.39, 0.29) is 16.8 Å². The van der Waals surface area contributed by atoms with E-state index in [2.05, 4.69) is 10.2 Å². The Bertz CT molecular complexity index is 329. The summed E-state index contributed by atoms with van der Waals surface area (Å²) < 4.78 is 4.87.